The van der Waals surface area contributed by atoms with Gasteiger partial charge in [0.15, 0.2) is 0 Å². The molecule has 102 valence electrons. The van der Waals surface area contributed by atoms with E-state index >= 15 is 0 Å². The zero-order valence-electron chi connectivity index (χ0n) is 9.97. The van der Waals surface area contributed by atoms with Crippen LogP contribution in [0, 0.1) is 0 Å². The summed E-state index contributed by atoms with van der Waals surface area (Å²) >= 11 is 0. The van der Waals surface area contributed by atoms with Crippen LogP contribution in [-0.2, 0) is 19.6 Å². The van der Waals surface area contributed by atoms with Crippen molar-refractivity contribution in [3.63, 3.8) is 0 Å². The maximum absolute atomic E-state index is 11.4. The molecule has 0 saturated carbocycles. The molecule has 0 spiro atoms. The Balaban J connectivity index is 4.12. The highest BCUT2D eigenvalue weighted by Gasteiger charge is 2.26. The van der Waals surface area contributed by atoms with Crippen LogP contribution in [0.2, 0.25) is 0 Å². The van der Waals surface area contributed by atoms with E-state index in [9.17, 15) is 18.3 Å². The number of carboxylic acid groups (broad SMARTS) is 1. The Morgan fingerprint density at radius 3 is 2.53 bits per heavy atom. The van der Waals surface area contributed by atoms with E-state index in [0.717, 1.165) is 0 Å². The minimum atomic E-state index is -3.55. The maximum Gasteiger partial charge on any atom is 0.306 e. The fourth-order valence-corrected chi connectivity index (χ4v) is 2.05. The predicted molar refractivity (Wildman–Crippen MR) is 61.2 cm³/mol. The number of aliphatic hydroxyl groups is 1. The summed E-state index contributed by atoms with van der Waals surface area (Å²) < 4.78 is 29.8. The molecule has 1 unspecified atom stereocenters. The summed E-state index contributed by atoms with van der Waals surface area (Å²) in [5.41, 5.74) is -1.61. The average molecular weight is 269 g/mol. The van der Waals surface area contributed by atoms with Gasteiger partial charge < -0.3 is 14.9 Å². The number of aliphatic carboxylic acids is 1. The highest BCUT2D eigenvalue weighted by Crippen LogP contribution is 2.07. The van der Waals surface area contributed by atoms with Gasteiger partial charge in [-0.2, -0.15) is 0 Å². The monoisotopic (exact) mass is 269 g/mol. The summed E-state index contributed by atoms with van der Waals surface area (Å²) in [5.74, 6) is -1.41. The number of ether oxygens (including phenoxy) is 1. The molecule has 0 saturated heterocycles. The average Bonchev–Trinajstić information content (AvgIpc) is 2.14. The van der Waals surface area contributed by atoms with Crippen LogP contribution < -0.4 is 4.72 Å². The van der Waals surface area contributed by atoms with Crippen molar-refractivity contribution in [2.75, 3.05) is 25.5 Å². The largest absolute Gasteiger partial charge is 0.481 e. The number of nitrogens with one attached hydrogen (secondary N) is 1. The number of rotatable bonds is 9. The van der Waals surface area contributed by atoms with Gasteiger partial charge in [-0.15, -0.1) is 0 Å². The number of carbonyl (C=O) groups is 1. The normalized spacial score (nSPS) is 15.5. The molecule has 17 heavy (non-hydrogen) atoms. The van der Waals surface area contributed by atoms with Gasteiger partial charge in [0.2, 0.25) is 10.0 Å². The van der Waals surface area contributed by atoms with Gasteiger partial charge in [0.05, 0.1) is 24.4 Å². The quantitative estimate of drug-likeness (QED) is 0.471. The second-order valence-electron chi connectivity index (χ2n) is 3.90. The number of hydrogen-bond donors (Lipinski definition) is 3. The van der Waals surface area contributed by atoms with E-state index in [1.807, 2.05) is 0 Å². The molecule has 8 heteroatoms. The molecule has 7 nitrogen and oxygen atoms in total. The van der Waals surface area contributed by atoms with Crippen molar-refractivity contribution in [3.8, 4) is 0 Å². The SMILES string of the molecule is CCOCCS(=O)(=O)NCC(C)(O)CC(=O)O. The molecule has 0 aliphatic heterocycles. The van der Waals surface area contributed by atoms with E-state index in [1.165, 1.54) is 6.92 Å². The smallest absolute Gasteiger partial charge is 0.306 e. The zero-order chi connectivity index (χ0) is 13.5. The van der Waals surface area contributed by atoms with E-state index in [0.29, 0.717) is 6.61 Å². The van der Waals surface area contributed by atoms with Gasteiger partial charge in [-0.1, -0.05) is 0 Å². The second kappa shape index (κ2) is 6.90. The topological polar surface area (TPSA) is 113 Å². The molecular formula is C9H19NO6S. The van der Waals surface area contributed by atoms with Crippen molar-refractivity contribution < 1.29 is 28.2 Å². The number of carboxylic acids is 1. The van der Waals surface area contributed by atoms with Gasteiger partial charge in [-0.05, 0) is 13.8 Å². The number of sulfonamides is 1. The maximum atomic E-state index is 11.4. The number of hydrogen-bond acceptors (Lipinski definition) is 5. The highest BCUT2D eigenvalue weighted by atomic mass is 32.2. The summed E-state index contributed by atoms with van der Waals surface area (Å²) in [6.45, 7) is 3.15. The van der Waals surface area contributed by atoms with Crippen molar-refractivity contribution in [2.24, 2.45) is 0 Å². The molecule has 0 rings (SSSR count). The van der Waals surface area contributed by atoms with Gasteiger partial charge >= 0.3 is 5.97 Å². The first-order valence-electron chi connectivity index (χ1n) is 5.18. The van der Waals surface area contributed by atoms with Gasteiger partial charge in [0.25, 0.3) is 0 Å². The minimum Gasteiger partial charge on any atom is -0.481 e. The molecule has 1 atom stereocenters. The molecule has 0 aliphatic rings. The Morgan fingerprint density at radius 2 is 2.06 bits per heavy atom. The van der Waals surface area contributed by atoms with Gasteiger partial charge in [0, 0.05) is 13.2 Å². The molecule has 0 aliphatic carbocycles. The van der Waals surface area contributed by atoms with E-state index in [4.69, 9.17) is 9.84 Å². The Labute approximate surface area is 101 Å². The second-order valence-corrected chi connectivity index (χ2v) is 5.83. The molecular weight excluding hydrogens is 250 g/mol. The molecule has 0 heterocycles. The molecule has 0 fully saturated rings. The summed E-state index contributed by atoms with van der Waals surface area (Å²) in [4.78, 5) is 10.4. The van der Waals surface area contributed by atoms with E-state index < -0.39 is 28.0 Å². The van der Waals surface area contributed by atoms with Crippen molar-refractivity contribution in [1.82, 2.24) is 4.72 Å². The van der Waals surface area contributed by atoms with Gasteiger partial charge in [0.1, 0.15) is 0 Å². The fourth-order valence-electron chi connectivity index (χ4n) is 1.04. The molecule has 0 aromatic rings. The Hall–Kier alpha value is -0.700. The fraction of sp³-hybridized carbons (Fsp3) is 0.889. The highest BCUT2D eigenvalue weighted by molar-refractivity contribution is 7.89. The van der Waals surface area contributed by atoms with Crippen LogP contribution >= 0.6 is 0 Å². The van der Waals surface area contributed by atoms with Crippen molar-refractivity contribution in [3.05, 3.63) is 0 Å². The molecule has 0 bridgehead atoms. The molecule has 0 aromatic carbocycles. The van der Waals surface area contributed by atoms with Crippen molar-refractivity contribution in [1.29, 1.82) is 0 Å². The lowest BCUT2D eigenvalue weighted by atomic mass is 10.0. The summed E-state index contributed by atoms with van der Waals surface area (Å²) in [7, 11) is -3.55. The summed E-state index contributed by atoms with van der Waals surface area (Å²) in [5, 5.41) is 18.1. The third-order valence-electron chi connectivity index (χ3n) is 1.91. The van der Waals surface area contributed by atoms with Crippen LogP contribution in [0.1, 0.15) is 20.3 Å². The van der Waals surface area contributed by atoms with E-state index in [1.54, 1.807) is 6.92 Å². The summed E-state index contributed by atoms with van der Waals surface area (Å²) in [6.07, 6.45) is -0.527. The van der Waals surface area contributed by atoms with Gasteiger partial charge in [-0.25, -0.2) is 13.1 Å². The molecule has 0 aromatic heterocycles. The van der Waals surface area contributed by atoms with Crippen LogP contribution in [0.5, 0.6) is 0 Å². The molecule has 0 amide bonds. The van der Waals surface area contributed by atoms with Crippen LogP contribution in [0.15, 0.2) is 0 Å². The molecule has 0 radical (unpaired) electrons. The first kappa shape index (κ1) is 16.3. The van der Waals surface area contributed by atoms with Crippen LogP contribution in [-0.4, -0.2) is 55.7 Å². The summed E-state index contributed by atoms with van der Waals surface area (Å²) in [6, 6.07) is 0. The molecule has 3 N–H and O–H groups in total. The Bertz CT molecular complexity index is 337. The first-order valence-corrected chi connectivity index (χ1v) is 6.83. The van der Waals surface area contributed by atoms with Crippen molar-refractivity contribution >= 4 is 16.0 Å². The Morgan fingerprint density at radius 1 is 1.47 bits per heavy atom. The predicted octanol–water partition coefficient (Wildman–Crippen LogP) is -0.832. The zero-order valence-corrected chi connectivity index (χ0v) is 10.8. The Kier molecular flexibility index (Phi) is 6.61. The lowest BCUT2D eigenvalue weighted by Gasteiger charge is -2.21. The standard InChI is InChI=1S/C9H19NO6S/c1-3-16-4-5-17(14,15)10-7-9(2,13)6-8(11)12/h10,13H,3-7H2,1-2H3,(H,11,12). The van der Waals surface area contributed by atoms with E-state index in [2.05, 4.69) is 4.72 Å². The minimum absolute atomic E-state index is 0.0624. The first-order chi connectivity index (χ1) is 7.68. The lowest BCUT2D eigenvalue weighted by molar-refractivity contribution is -0.141. The third kappa shape index (κ3) is 9.04. The van der Waals surface area contributed by atoms with Crippen LogP contribution in [0.4, 0.5) is 0 Å². The van der Waals surface area contributed by atoms with E-state index in [-0.39, 0.29) is 18.9 Å². The third-order valence-corrected chi connectivity index (χ3v) is 3.19. The lowest BCUT2D eigenvalue weighted by Crippen LogP contribution is -2.43. The van der Waals surface area contributed by atoms with Crippen LogP contribution in [0.3, 0.4) is 0 Å². The van der Waals surface area contributed by atoms with Gasteiger partial charge in [-0.3, -0.25) is 4.79 Å². The van der Waals surface area contributed by atoms with Crippen LogP contribution in [0.25, 0.3) is 0 Å². The van der Waals surface area contributed by atoms with Crippen molar-refractivity contribution in [2.45, 2.75) is 25.9 Å².